The van der Waals surface area contributed by atoms with Crippen LogP contribution in [0.5, 0.6) is 12.0 Å². The Morgan fingerprint density at radius 1 is 0.404 bits per heavy atom. The van der Waals surface area contributed by atoms with Crippen LogP contribution in [-0.4, -0.2) is 26.9 Å². The quantitative estimate of drug-likeness (QED) is 0.0528. The molecule has 0 aromatic carbocycles. The maximum absolute atomic E-state index is 12.3. The summed E-state index contributed by atoms with van der Waals surface area (Å²) in [7, 11) is 0. The summed E-state index contributed by atoms with van der Waals surface area (Å²) >= 11 is 5.96. The summed E-state index contributed by atoms with van der Waals surface area (Å²) in [5.74, 6) is -0.839. The van der Waals surface area contributed by atoms with Gasteiger partial charge in [0.15, 0.2) is 0 Å². The first-order chi connectivity index (χ1) is 23.0. The van der Waals surface area contributed by atoms with Crippen LogP contribution in [-0.2, 0) is 9.59 Å². The van der Waals surface area contributed by atoms with E-state index in [9.17, 15) is 9.59 Å². The topological polar surface area (TPSA) is 91.3 Å². The van der Waals surface area contributed by atoms with E-state index in [1.807, 2.05) is 0 Å². The van der Waals surface area contributed by atoms with Crippen LogP contribution in [0.25, 0.3) is 0 Å². The third kappa shape index (κ3) is 28.9. The van der Waals surface area contributed by atoms with Crippen LogP contribution in [0.4, 0.5) is 0 Å². The van der Waals surface area contributed by atoms with Crippen molar-refractivity contribution in [3.8, 4) is 12.0 Å². The number of esters is 2. The fourth-order valence-electron chi connectivity index (χ4n) is 5.99. The number of hydrogen-bond acceptors (Lipinski definition) is 7. The van der Waals surface area contributed by atoms with Crippen molar-refractivity contribution in [1.82, 2.24) is 15.0 Å². The summed E-state index contributed by atoms with van der Waals surface area (Å²) in [5.41, 5.74) is 0. The first-order valence-corrected chi connectivity index (χ1v) is 20.3. The van der Waals surface area contributed by atoms with E-state index >= 15 is 0 Å². The zero-order chi connectivity index (χ0) is 34.0. The van der Waals surface area contributed by atoms with Crippen molar-refractivity contribution in [2.45, 2.75) is 219 Å². The van der Waals surface area contributed by atoms with Gasteiger partial charge in [-0.1, -0.05) is 194 Å². The summed E-state index contributed by atoms with van der Waals surface area (Å²) in [4.78, 5) is 36.2. The standard InChI is InChI=1S/C39H70ClN3O4/c1-3-5-7-9-11-13-15-17-19-21-23-25-27-29-31-33-35(44)46-38-41-37(40)42-39(43-38)47-36(45)34-32-30-28-26-24-22-20-18-16-14-12-10-8-6-4-2/h3-34H2,1-2H3. The molecule has 8 heteroatoms. The highest BCUT2D eigenvalue weighted by atomic mass is 35.5. The summed E-state index contributed by atoms with van der Waals surface area (Å²) < 4.78 is 10.5. The fraction of sp³-hybridized carbons (Fsp3) is 0.872. The normalized spacial score (nSPS) is 11.2. The van der Waals surface area contributed by atoms with E-state index in [0.29, 0.717) is 0 Å². The third-order valence-electron chi connectivity index (χ3n) is 8.95. The van der Waals surface area contributed by atoms with E-state index in [1.165, 1.54) is 154 Å². The number of carbonyl (C=O) groups is 2. The van der Waals surface area contributed by atoms with Gasteiger partial charge in [0, 0.05) is 12.8 Å². The smallest absolute Gasteiger partial charge is 0.331 e. The lowest BCUT2D eigenvalue weighted by molar-refractivity contribution is -0.135. The molecule has 47 heavy (non-hydrogen) atoms. The molecule has 0 spiro atoms. The van der Waals surface area contributed by atoms with Crippen molar-refractivity contribution in [2.24, 2.45) is 0 Å². The largest absolute Gasteiger partial charge is 0.391 e. The molecule has 0 unspecified atom stereocenters. The molecule has 7 nitrogen and oxygen atoms in total. The second-order valence-corrected chi connectivity index (χ2v) is 13.9. The number of carbonyl (C=O) groups excluding carboxylic acids is 2. The van der Waals surface area contributed by atoms with Crippen molar-refractivity contribution in [1.29, 1.82) is 0 Å². The molecule has 0 radical (unpaired) electrons. The Kier molecular flexibility index (Phi) is 30.2. The second-order valence-electron chi connectivity index (χ2n) is 13.5. The lowest BCUT2D eigenvalue weighted by atomic mass is 10.0. The molecule has 0 saturated heterocycles. The molecular weight excluding hydrogens is 610 g/mol. The minimum absolute atomic E-state index is 0.176. The van der Waals surface area contributed by atoms with E-state index in [0.717, 1.165) is 38.5 Å². The first-order valence-electron chi connectivity index (χ1n) is 19.9. The first kappa shape index (κ1) is 43.3. The van der Waals surface area contributed by atoms with E-state index < -0.39 is 11.9 Å². The molecule has 0 bridgehead atoms. The van der Waals surface area contributed by atoms with E-state index in [2.05, 4.69) is 28.8 Å². The average molecular weight is 680 g/mol. The van der Waals surface area contributed by atoms with Crippen LogP contribution >= 0.6 is 11.6 Å². The lowest BCUT2D eigenvalue weighted by Gasteiger charge is -2.06. The molecule has 0 N–H and O–H groups in total. The molecule has 0 saturated carbocycles. The average Bonchev–Trinajstić information content (AvgIpc) is 3.04. The molecule has 0 amide bonds. The van der Waals surface area contributed by atoms with Crippen LogP contribution in [0.3, 0.4) is 0 Å². The number of ether oxygens (including phenoxy) is 2. The molecule has 0 aliphatic heterocycles. The molecule has 1 rings (SSSR count). The summed E-state index contributed by atoms with van der Waals surface area (Å²) in [6.45, 7) is 4.53. The minimum Gasteiger partial charge on any atom is -0.391 e. The molecular formula is C39H70ClN3O4. The number of nitrogens with zero attached hydrogens (tertiary/aromatic N) is 3. The predicted octanol–water partition coefficient (Wildman–Crippen LogP) is 12.9. The highest BCUT2D eigenvalue weighted by Crippen LogP contribution is 2.18. The summed E-state index contributed by atoms with van der Waals surface area (Å²) in [6, 6.07) is -0.462. The van der Waals surface area contributed by atoms with Crippen LogP contribution in [0.15, 0.2) is 0 Å². The van der Waals surface area contributed by atoms with Crippen LogP contribution in [0.2, 0.25) is 5.28 Å². The van der Waals surface area contributed by atoms with E-state index in [-0.39, 0.29) is 30.1 Å². The van der Waals surface area contributed by atoms with Crippen molar-refractivity contribution >= 4 is 23.5 Å². The van der Waals surface area contributed by atoms with Gasteiger partial charge in [0.1, 0.15) is 0 Å². The molecule has 0 aliphatic rings. The molecule has 272 valence electrons. The second kappa shape index (κ2) is 32.8. The third-order valence-corrected chi connectivity index (χ3v) is 9.12. The monoisotopic (exact) mass is 680 g/mol. The molecule has 0 fully saturated rings. The Labute approximate surface area is 293 Å². The fourth-order valence-corrected chi connectivity index (χ4v) is 6.14. The van der Waals surface area contributed by atoms with Crippen molar-refractivity contribution in [3.05, 3.63) is 5.28 Å². The van der Waals surface area contributed by atoms with Gasteiger partial charge in [-0.3, -0.25) is 9.59 Å². The van der Waals surface area contributed by atoms with Gasteiger partial charge in [0.25, 0.3) is 0 Å². The number of hydrogen-bond donors (Lipinski definition) is 0. The SMILES string of the molecule is CCCCCCCCCCCCCCCCCC(=O)Oc1nc(Cl)nc(OC(=O)CCCCCCCCCCCCCCCCC)n1. The Morgan fingerprint density at radius 2 is 0.638 bits per heavy atom. The van der Waals surface area contributed by atoms with E-state index in [4.69, 9.17) is 21.1 Å². The molecule has 1 aromatic heterocycles. The number of unbranched alkanes of at least 4 members (excludes halogenated alkanes) is 28. The minimum atomic E-state index is -0.419. The summed E-state index contributed by atoms with van der Waals surface area (Å²) in [5, 5.41) is -0.176. The highest BCUT2D eigenvalue weighted by Gasteiger charge is 2.14. The zero-order valence-corrected chi connectivity index (χ0v) is 31.2. The maximum atomic E-state index is 12.3. The van der Waals surface area contributed by atoms with Crippen LogP contribution in [0.1, 0.15) is 219 Å². The Morgan fingerprint density at radius 3 is 0.894 bits per heavy atom. The Balaban J connectivity index is 2.03. The van der Waals surface area contributed by atoms with Gasteiger partial charge in [-0.05, 0) is 24.4 Å². The number of aromatic nitrogens is 3. The van der Waals surface area contributed by atoms with Crippen LogP contribution < -0.4 is 9.47 Å². The lowest BCUT2D eigenvalue weighted by Crippen LogP contribution is -2.14. The van der Waals surface area contributed by atoms with Gasteiger partial charge in [-0.15, -0.1) is 4.98 Å². The molecule has 1 heterocycles. The van der Waals surface area contributed by atoms with Crippen molar-refractivity contribution < 1.29 is 19.1 Å². The molecule has 1 aromatic rings. The highest BCUT2D eigenvalue weighted by molar-refractivity contribution is 6.28. The Hall–Kier alpha value is -1.76. The molecule has 0 aliphatic carbocycles. The Bertz CT molecular complexity index is 820. The van der Waals surface area contributed by atoms with Crippen molar-refractivity contribution in [3.63, 3.8) is 0 Å². The number of halogens is 1. The summed E-state index contributed by atoms with van der Waals surface area (Å²) in [6.07, 6.45) is 38.7. The van der Waals surface area contributed by atoms with E-state index in [1.54, 1.807) is 0 Å². The maximum Gasteiger partial charge on any atom is 0.331 e. The molecule has 0 atom stereocenters. The zero-order valence-electron chi connectivity index (χ0n) is 30.5. The van der Waals surface area contributed by atoms with Gasteiger partial charge in [0.2, 0.25) is 5.28 Å². The van der Waals surface area contributed by atoms with Gasteiger partial charge >= 0.3 is 24.0 Å². The van der Waals surface area contributed by atoms with Crippen LogP contribution in [0, 0.1) is 0 Å². The number of rotatable bonds is 34. The van der Waals surface area contributed by atoms with Gasteiger partial charge in [0.05, 0.1) is 0 Å². The van der Waals surface area contributed by atoms with Gasteiger partial charge < -0.3 is 9.47 Å². The van der Waals surface area contributed by atoms with Gasteiger partial charge in [-0.2, -0.15) is 9.97 Å². The van der Waals surface area contributed by atoms with Gasteiger partial charge in [-0.25, -0.2) is 0 Å². The predicted molar refractivity (Wildman–Crippen MR) is 195 cm³/mol. The van der Waals surface area contributed by atoms with Crippen molar-refractivity contribution in [2.75, 3.05) is 0 Å².